The van der Waals surface area contributed by atoms with Gasteiger partial charge < -0.3 is 20.2 Å². The maximum Gasteiger partial charge on any atom is 0.119 e. The molecule has 1 unspecified atom stereocenters. The quantitative estimate of drug-likeness (QED) is 0.645. The van der Waals surface area contributed by atoms with Gasteiger partial charge in [-0.1, -0.05) is 19.1 Å². The van der Waals surface area contributed by atoms with E-state index < -0.39 is 0 Å². The zero-order valence-electron chi connectivity index (χ0n) is 14.9. The van der Waals surface area contributed by atoms with Crippen LogP contribution in [0.15, 0.2) is 48.7 Å². The van der Waals surface area contributed by atoms with Crippen molar-refractivity contribution in [1.29, 1.82) is 0 Å². The number of methoxy groups -OCH3 is 1. The minimum absolute atomic E-state index is 0.253. The smallest absolute Gasteiger partial charge is 0.119 e. The molecule has 0 aliphatic heterocycles. The van der Waals surface area contributed by atoms with Crippen LogP contribution in [0.25, 0.3) is 10.9 Å². The van der Waals surface area contributed by atoms with Crippen molar-refractivity contribution in [2.24, 2.45) is 5.73 Å². The largest absolute Gasteiger partial charge is 0.497 e. The highest BCUT2D eigenvalue weighted by molar-refractivity contribution is 5.85. The van der Waals surface area contributed by atoms with Gasteiger partial charge in [0.15, 0.2) is 0 Å². The number of aromatic amines is 1. The molecule has 3 N–H and O–H groups in total. The van der Waals surface area contributed by atoms with Gasteiger partial charge in [0.2, 0.25) is 0 Å². The molecule has 0 saturated heterocycles. The van der Waals surface area contributed by atoms with Crippen LogP contribution in [0.4, 0.5) is 0 Å². The Bertz CT molecular complexity index is 808. The third kappa shape index (κ3) is 3.97. The van der Waals surface area contributed by atoms with E-state index in [1.165, 1.54) is 16.5 Å². The second-order valence-corrected chi connectivity index (χ2v) is 6.28. The van der Waals surface area contributed by atoms with E-state index in [0.29, 0.717) is 6.54 Å². The molecule has 25 heavy (non-hydrogen) atoms. The van der Waals surface area contributed by atoms with Crippen LogP contribution < -0.4 is 15.2 Å². The maximum absolute atomic E-state index is 6.10. The van der Waals surface area contributed by atoms with Gasteiger partial charge in [0.25, 0.3) is 0 Å². The molecule has 0 fully saturated rings. The molecule has 0 aliphatic rings. The summed E-state index contributed by atoms with van der Waals surface area (Å²) in [5.41, 5.74) is 9.71. The van der Waals surface area contributed by atoms with Crippen LogP contribution in [0.1, 0.15) is 30.4 Å². The minimum Gasteiger partial charge on any atom is -0.497 e. The van der Waals surface area contributed by atoms with Crippen molar-refractivity contribution in [3.8, 4) is 11.5 Å². The van der Waals surface area contributed by atoms with Crippen LogP contribution in [-0.4, -0.2) is 25.2 Å². The predicted octanol–water partition coefficient (Wildman–Crippen LogP) is 4.25. The fourth-order valence-corrected chi connectivity index (χ4v) is 3.13. The highest BCUT2D eigenvalue weighted by Crippen LogP contribution is 2.30. The number of ether oxygens (including phenoxy) is 2. The number of nitrogens with two attached hydrogens (primary N) is 1. The Hall–Kier alpha value is -2.46. The normalized spacial score (nSPS) is 12.3. The summed E-state index contributed by atoms with van der Waals surface area (Å²) < 4.78 is 11.0. The summed E-state index contributed by atoms with van der Waals surface area (Å²) in [6, 6.07) is 14.4. The Morgan fingerprint density at radius 2 is 1.84 bits per heavy atom. The Kier molecular flexibility index (Phi) is 5.61. The van der Waals surface area contributed by atoms with Gasteiger partial charge in [0, 0.05) is 23.0 Å². The number of H-pyrrole nitrogens is 1. The lowest BCUT2D eigenvalue weighted by molar-refractivity contribution is 0.317. The highest BCUT2D eigenvalue weighted by Gasteiger charge is 2.16. The maximum atomic E-state index is 6.10. The van der Waals surface area contributed by atoms with Crippen molar-refractivity contribution in [2.75, 3.05) is 20.3 Å². The van der Waals surface area contributed by atoms with Crippen molar-refractivity contribution in [2.45, 2.75) is 25.7 Å². The number of rotatable bonds is 8. The summed E-state index contributed by atoms with van der Waals surface area (Å²) in [5, 5.41) is 1.18. The fourth-order valence-electron chi connectivity index (χ4n) is 3.13. The predicted molar refractivity (Wildman–Crippen MR) is 103 cm³/mol. The summed E-state index contributed by atoms with van der Waals surface area (Å²) in [4.78, 5) is 3.34. The second-order valence-electron chi connectivity index (χ2n) is 6.28. The summed E-state index contributed by atoms with van der Waals surface area (Å²) in [6.07, 6.45) is 3.98. The van der Waals surface area contributed by atoms with Gasteiger partial charge in [-0.25, -0.2) is 0 Å². The molecule has 4 heteroatoms. The molecule has 1 aromatic heterocycles. The summed E-state index contributed by atoms with van der Waals surface area (Å²) in [6.45, 7) is 3.45. The van der Waals surface area contributed by atoms with Crippen molar-refractivity contribution in [3.63, 3.8) is 0 Å². The summed E-state index contributed by atoms with van der Waals surface area (Å²) >= 11 is 0. The Morgan fingerprint density at radius 1 is 1.08 bits per heavy atom. The van der Waals surface area contributed by atoms with E-state index in [0.717, 1.165) is 36.5 Å². The first kappa shape index (κ1) is 17.4. The molecular weight excluding hydrogens is 312 g/mol. The van der Waals surface area contributed by atoms with E-state index in [4.69, 9.17) is 15.2 Å². The molecular formula is C21H26N2O2. The molecule has 132 valence electrons. The number of benzene rings is 2. The molecule has 0 bridgehead atoms. The number of aromatic nitrogens is 1. The van der Waals surface area contributed by atoms with Crippen LogP contribution in [0, 0.1) is 0 Å². The Labute approximate surface area is 149 Å². The second kappa shape index (κ2) is 8.08. The number of hydrogen-bond acceptors (Lipinski definition) is 3. The van der Waals surface area contributed by atoms with E-state index in [2.05, 4.69) is 36.3 Å². The van der Waals surface area contributed by atoms with Crippen LogP contribution in [0.2, 0.25) is 0 Å². The highest BCUT2D eigenvalue weighted by atomic mass is 16.5. The van der Waals surface area contributed by atoms with E-state index >= 15 is 0 Å². The molecule has 0 spiro atoms. The lowest BCUT2D eigenvalue weighted by Crippen LogP contribution is -2.14. The molecule has 1 atom stereocenters. The molecule has 3 aromatic rings. The van der Waals surface area contributed by atoms with Gasteiger partial charge in [0.05, 0.1) is 13.7 Å². The molecule has 2 aromatic carbocycles. The van der Waals surface area contributed by atoms with Gasteiger partial charge in [0.1, 0.15) is 11.5 Å². The lowest BCUT2D eigenvalue weighted by Gasteiger charge is -2.15. The SMILES string of the molecule is CCCOc1ccc(CC(CN)c2c[nH]c3ccc(OC)cc23)cc1. The first-order valence-electron chi connectivity index (χ1n) is 8.82. The van der Waals surface area contributed by atoms with Crippen LogP contribution in [0.5, 0.6) is 11.5 Å². The average Bonchev–Trinajstić information content (AvgIpc) is 3.08. The Balaban J connectivity index is 1.80. The molecule has 0 amide bonds. The van der Waals surface area contributed by atoms with Crippen molar-refractivity contribution in [1.82, 2.24) is 4.98 Å². The van der Waals surface area contributed by atoms with Gasteiger partial charge in [-0.2, -0.15) is 0 Å². The van der Waals surface area contributed by atoms with E-state index in [1.54, 1.807) is 7.11 Å². The standard InChI is InChI=1S/C21H26N2O2/c1-3-10-25-17-6-4-15(5-7-17)11-16(13-22)20-14-23-21-9-8-18(24-2)12-19(20)21/h4-9,12,14,16,23H,3,10-11,13,22H2,1-2H3. The van der Waals surface area contributed by atoms with E-state index in [9.17, 15) is 0 Å². The third-order valence-corrected chi connectivity index (χ3v) is 4.52. The third-order valence-electron chi connectivity index (χ3n) is 4.52. The van der Waals surface area contributed by atoms with Crippen LogP contribution in [-0.2, 0) is 6.42 Å². The van der Waals surface area contributed by atoms with Crippen molar-refractivity contribution >= 4 is 10.9 Å². The van der Waals surface area contributed by atoms with Crippen molar-refractivity contribution in [3.05, 3.63) is 59.8 Å². The summed E-state index contributed by atoms with van der Waals surface area (Å²) in [7, 11) is 1.69. The van der Waals surface area contributed by atoms with Gasteiger partial charge in [-0.15, -0.1) is 0 Å². The first-order valence-corrected chi connectivity index (χ1v) is 8.82. The van der Waals surface area contributed by atoms with Gasteiger partial charge >= 0.3 is 0 Å². The van der Waals surface area contributed by atoms with E-state index in [-0.39, 0.29) is 5.92 Å². The van der Waals surface area contributed by atoms with Gasteiger partial charge in [-0.3, -0.25) is 0 Å². The number of fused-ring (bicyclic) bond motifs is 1. The first-order chi connectivity index (χ1) is 12.2. The number of hydrogen-bond donors (Lipinski definition) is 2. The zero-order chi connectivity index (χ0) is 17.6. The minimum atomic E-state index is 0.253. The number of nitrogens with one attached hydrogen (secondary N) is 1. The monoisotopic (exact) mass is 338 g/mol. The van der Waals surface area contributed by atoms with Gasteiger partial charge in [-0.05, 0) is 60.8 Å². The molecule has 0 aliphatic carbocycles. The summed E-state index contributed by atoms with van der Waals surface area (Å²) in [5.74, 6) is 2.04. The molecule has 0 saturated carbocycles. The Morgan fingerprint density at radius 3 is 2.52 bits per heavy atom. The van der Waals surface area contributed by atoms with E-state index in [1.807, 2.05) is 24.3 Å². The van der Waals surface area contributed by atoms with Crippen LogP contribution in [0.3, 0.4) is 0 Å². The van der Waals surface area contributed by atoms with Crippen molar-refractivity contribution < 1.29 is 9.47 Å². The topological polar surface area (TPSA) is 60.3 Å². The zero-order valence-corrected chi connectivity index (χ0v) is 14.9. The molecule has 3 rings (SSSR count). The fraction of sp³-hybridized carbons (Fsp3) is 0.333. The molecule has 1 heterocycles. The average molecular weight is 338 g/mol. The molecule has 0 radical (unpaired) electrons. The lowest BCUT2D eigenvalue weighted by atomic mass is 9.91. The van der Waals surface area contributed by atoms with Crippen LogP contribution >= 0.6 is 0 Å². The molecule has 4 nitrogen and oxygen atoms in total.